The number of hydrogen-bond donors (Lipinski definition) is 6. The second kappa shape index (κ2) is 17.4. The van der Waals surface area contributed by atoms with Crippen LogP contribution in [0.1, 0.15) is 117 Å². The van der Waals surface area contributed by atoms with E-state index in [4.69, 9.17) is 28.9 Å². The predicted octanol–water partition coefficient (Wildman–Crippen LogP) is 3.08. The van der Waals surface area contributed by atoms with E-state index >= 15 is 4.79 Å². The van der Waals surface area contributed by atoms with Crippen LogP contribution in [0.5, 0.6) is 0 Å². The highest BCUT2D eigenvalue weighted by Crippen LogP contribution is 2.65. The lowest BCUT2D eigenvalue weighted by molar-refractivity contribution is -0.336. The number of nitrogens with one attached hydrogen (secondary N) is 1. The monoisotopic (exact) mass is 968 g/mol. The molecule has 3 aliphatic carbocycles. The second-order valence-corrected chi connectivity index (χ2v) is 21.2. The lowest BCUT2D eigenvalue weighted by Gasteiger charge is -2.67. The fourth-order valence-electron chi connectivity index (χ4n) is 13.1. The van der Waals surface area contributed by atoms with E-state index in [1.54, 1.807) is 47.8 Å². The number of hydrogen-bond acceptors (Lipinski definition) is 17. The Bertz CT molecular complexity index is 2700. The van der Waals surface area contributed by atoms with Crippen molar-refractivity contribution in [1.29, 1.82) is 0 Å². The van der Waals surface area contributed by atoms with E-state index in [1.807, 2.05) is 36.5 Å². The fourth-order valence-corrected chi connectivity index (χ4v) is 13.1. The van der Waals surface area contributed by atoms with Crippen LogP contribution < -0.4 is 5.32 Å². The number of ketones is 1. The number of amides is 1. The summed E-state index contributed by atoms with van der Waals surface area (Å²) in [5.41, 5.74) is -1.53. The maximum absolute atomic E-state index is 15.1. The first-order valence-corrected chi connectivity index (χ1v) is 24.3. The van der Waals surface area contributed by atoms with Crippen LogP contribution in [-0.4, -0.2) is 138 Å². The Morgan fingerprint density at radius 2 is 1.84 bits per heavy atom. The Hall–Kier alpha value is -5.37. The minimum Gasteiger partial charge on any atom is -0.461 e. The van der Waals surface area contributed by atoms with Gasteiger partial charge in [-0.25, -0.2) is 9.78 Å². The zero-order valence-electron chi connectivity index (χ0n) is 40.9. The summed E-state index contributed by atoms with van der Waals surface area (Å²) in [6.07, 6.45) is -1.11. The third-order valence-corrected chi connectivity index (χ3v) is 16.9. The van der Waals surface area contributed by atoms with Gasteiger partial charge in [0.2, 0.25) is 11.7 Å². The van der Waals surface area contributed by atoms with Crippen LogP contribution in [0, 0.1) is 22.7 Å². The molecule has 18 heteroatoms. The van der Waals surface area contributed by atoms with Crippen molar-refractivity contribution in [3.63, 3.8) is 0 Å². The lowest BCUT2D eigenvalue weighted by atomic mass is 9.42. The van der Waals surface area contributed by atoms with Crippen molar-refractivity contribution in [3.05, 3.63) is 75.7 Å². The van der Waals surface area contributed by atoms with Crippen molar-refractivity contribution in [3.8, 4) is 0 Å². The Labute approximate surface area is 405 Å². The largest absolute Gasteiger partial charge is 0.461 e. The zero-order valence-corrected chi connectivity index (χ0v) is 40.9. The molecule has 18 nitrogen and oxygen atoms in total. The number of ether oxygens (including phenoxy) is 4. The number of aliphatic imine (C=N–C) groups is 1. The number of carbonyl (C=O) groups is 5. The molecular weight excluding hydrogens is 905 g/mol. The van der Waals surface area contributed by atoms with Crippen molar-refractivity contribution in [1.82, 2.24) is 15.2 Å². The van der Waals surface area contributed by atoms with Gasteiger partial charge >= 0.3 is 17.9 Å². The number of esters is 3. The van der Waals surface area contributed by atoms with Crippen molar-refractivity contribution in [2.75, 3.05) is 13.2 Å². The normalized spacial score (nSPS) is 35.8. The minimum atomic E-state index is -1.88. The first-order valence-electron chi connectivity index (χ1n) is 24.3. The van der Waals surface area contributed by atoms with Crippen molar-refractivity contribution in [2.24, 2.45) is 27.7 Å². The third kappa shape index (κ3) is 7.54. The quantitative estimate of drug-likeness (QED) is 0.0622. The average Bonchev–Trinajstić information content (AvgIpc) is 3.65. The van der Waals surface area contributed by atoms with Crippen LogP contribution in [0.2, 0.25) is 0 Å². The summed E-state index contributed by atoms with van der Waals surface area (Å²) in [5.74, 6) is -7.20. The zero-order chi connectivity index (χ0) is 50.6. The molecule has 2 saturated carbocycles. The summed E-state index contributed by atoms with van der Waals surface area (Å²) in [5, 5.41) is 63.1. The summed E-state index contributed by atoms with van der Waals surface area (Å²) >= 11 is 0. The number of aliphatic hydroxyl groups excluding tert-OH is 2. The van der Waals surface area contributed by atoms with Gasteiger partial charge in [-0.05, 0) is 62.0 Å². The standard InChI is InChI=1S/C52H64N4O14/c1-9-52(66)33-18-35-42-32(23-56(35)22-29(33)17-40(59)70-52)31(30-13-10-11-14-34(30)55-42)21-53-16-12-15-39(58)69-37-19-38-50(64,24-67-38)45-26(3)51(65)20-36(68-47(63)43(60)27(4)54-28(5)57)25(2)41(48(51,6)7)44(61)46(62)49(37,45)8/h10-11,13-14,18,21-22,26-27,35-38,43-45,60-61,64-66H,9,12,15-17,19-20,23-24H2,1-8H3,(H,54,57)/t26?,27-,35?,36-,37-,38+,43+,44+,45?,49+,50-,51+,52+/m0/s1. The minimum absolute atomic E-state index is 0.0459. The number of carbonyl (C=O) groups excluding carboxylic acids is 5. The summed E-state index contributed by atoms with van der Waals surface area (Å²) in [4.78, 5) is 78.3. The molecule has 2 saturated heterocycles. The molecule has 0 spiro atoms. The second-order valence-electron chi connectivity index (χ2n) is 21.2. The van der Waals surface area contributed by atoms with Gasteiger partial charge in [-0.15, -0.1) is 0 Å². The Balaban J connectivity index is 0.943. The van der Waals surface area contributed by atoms with Gasteiger partial charge in [0.25, 0.3) is 0 Å². The molecule has 3 unspecified atom stereocenters. The molecule has 4 fully saturated rings. The van der Waals surface area contributed by atoms with Gasteiger partial charge < -0.3 is 54.7 Å². The van der Waals surface area contributed by atoms with Crippen LogP contribution in [0.4, 0.5) is 0 Å². The molecule has 70 heavy (non-hydrogen) atoms. The SMILES string of the molecule is CC[C@@]1(O)OC(=O)CC2=CN3Cc4c(nc5ccccc5c4C=NCCCC(=O)O[C@H]4C[C@H]5OC[C@@]5(O)C5C(C)[C@]6(O)C[C@H](OC(=O)[C@H](O)[C@H](C)NC(C)=O)C(C)=C([C@@H](O)C(=O)[C@@]54C)C6(C)C)C3C=C21. The van der Waals surface area contributed by atoms with Crippen LogP contribution >= 0.6 is 0 Å². The number of para-hydroxylation sites is 1. The molecule has 1 aromatic carbocycles. The van der Waals surface area contributed by atoms with Crippen molar-refractivity contribution < 1.29 is 68.5 Å². The van der Waals surface area contributed by atoms with E-state index in [-0.39, 0.29) is 63.3 Å². The molecule has 0 radical (unpaired) electrons. The molecule has 1 aromatic heterocycles. The van der Waals surface area contributed by atoms with E-state index in [0.717, 1.165) is 27.7 Å². The average molecular weight is 969 g/mol. The van der Waals surface area contributed by atoms with E-state index in [9.17, 15) is 44.7 Å². The van der Waals surface area contributed by atoms with E-state index in [2.05, 4.69) is 10.2 Å². The number of pyridine rings is 1. The van der Waals surface area contributed by atoms with Crippen LogP contribution in [-0.2, 0) is 49.5 Å². The predicted molar refractivity (Wildman–Crippen MR) is 250 cm³/mol. The van der Waals surface area contributed by atoms with Gasteiger partial charge in [-0.1, -0.05) is 45.9 Å². The third-order valence-electron chi connectivity index (χ3n) is 16.9. The fraction of sp³-hybridized carbons (Fsp3) is 0.596. The van der Waals surface area contributed by atoms with Gasteiger partial charge in [0.05, 0.1) is 53.4 Å². The number of fused-ring (bicyclic) bond motifs is 10. The lowest BCUT2D eigenvalue weighted by Crippen LogP contribution is -2.79. The molecule has 1 amide bonds. The number of rotatable bonds is 11. The smallest absolute Gasteiger partial charge is 0.337 e. The van der Waals surface area contributed by atoms with Crippen molar-refractivity contribution >= 4 is 46.7 Å². The molecule has 13 atom stereocenters. The molecule has 4 aliphatic heterocycles. The first kappa shape index (κ1) is 49.6. The number of Topliss-reactive ketones (excluding diaryl/α,β-unsaturated/α-hetero) is 1. The molecule has 376 valence electrons. The van der Waals surface area contributed by atoms with Gasteiger partial charge in [-0.2, -0.15) is 0 Å². The maximum atomic E-state index is 15.1. The Kier molecular flexibility index (Phi) is 12.4. The molecule has 6 N–H and O–H groups in total. The van der Waals surface area contributed by atoms with E-state index in [0.29, 0.717) is 23.3 Å². The first-order chi connectivity index (χ1) is 32.9. The summed E-state index contributed by atoms with van der Waals surface area (Å²) in [6, 6.07) is 6.41. The highest BCUT2D eigenvalue weighted by molar-refractivity contribution is 6.00. The highest BCUT2D eigenvalue weighted by Gasteiger charge is 2.75. The summed E-state index contributed by atoms with van der Waals surface area (Å²) in [6.45, 7) is 13.2. The number of benzene rings is 1. The van der Waals surface area contributed by atoms with Crippen LogP contribution in [0.25, 0.3) is 10.9 Å². The number of aromatic nitrogens is 1. The van der Waals surface area contributed by atoms with E-state index < -0.39 is 106 Å². The maximum Gasteiger partial charge on any atom is 0.337 e. The molecule has 2 aromatic rings. The van der Waals surface area contributed by atoms with Crippen LogP contribution in [0.3, 0.4) is 0 Å². The van der Waals surface area contributed by atoms with Gasteiger partial charge in [0.15, 0.2) is 11.9 Å². The number of aliphatic hydroxyl groups is 5. The summed E-state index contributed by atoms with van der Waals surface area (Å²) in [7, 11) is 0. The van der Waals surface area contributed by atoms with Crippen LogP contribution in [0.15, 0.2) is 63.8 Å². The molecular formula is C52H64N4O14. The number of nitrogens with zero attached hydrogens (tertiary/aromatic N) is 3. The van der Waals surface area contributed by atoms with Gasteiger partial charge in [0.1, 0.15) is 23.9 Å². The summed E-state index contributed by atoms with van der Waals surface area (Å²) < 4.78 is 23.3. The molecule has 2 bridgehead atoms. The number of cyclic esters (lactones) is 1. The Morgan fingerprint density at radius 1 is 1.11 bits per heavy atom. The molecule has 7 aliphatic rings. The molecule has 9 rings (SSSR count). The highest BCUT2D eigenvalue weighted by atomic mass is 16.7. The van der Waals surface area contributed by atoms with Crippen molar-refractivity contribution in [2.45, 2.75) is 160 Å². The van der Waals surface area contributed by atoms with E-state index in [1.165, 1.54) is 13.8 Å². The molecule has 5 heterocycles. The van der Waals surface area contributed by atoms with Gasteiger partial charge in [0, 0.05) is 91.5 Å². The topological polar surface area (TPSA) is 264 Å². The Morgan fingerprint density at radius 3 is 2.53 bits per heavy atom. The van der Waals surface area contributed by atoms with Gasteiger partial charge in [-0.3, -0.25) is 24.2 Å².